The van der Waals surface area contributed by atoms with Crippen LogP contribution >= 0.6 is 0 Å². The first-order chi connectivity index (χ1) is 14.9. The van der Waals surface area contributed by atoms with Crippen LogP contribution in [0.2, 0.25) is 0 Å². The molecule has 8 heteroatoms. The van der Waals surface area contributed by atoms with Gasteiger partial charge in [0, 0.05) is 18.7 Å². The summed E-state index contributed by atoms with van der Waals surface area (Å²) in [6.07, 6.45) is 0. The second kappa shape index (κ2) is 8.39. The number of likely N-dealkylation sites (tertiary alicyclic amines) is 1. The van der Waals surface area contributed by atoms with E-state index in [2.05, 4.69) is 0 Å². The molecule has 1 N–H and O–H groups in total. The molecule has 0 spiro atoms. The predicted octanol–water partition coefficient (Wildman–Crippen LogP) is 2.58. The molecule has 2 heterocycles. The lowest BCUT2D eigenvalue weighted by molar-refractivity contribution is -0.140. The number of ketones is 1. The average Bonchev–Trinajstić information content (AvgIpc) is 3.02. The molecule has 7 nitrogen and oxygen atoms in total. The fraction of sp³-hybridized carbons (Fsp3) is 0.304. The fourth-order valence-corrected chi connectivity index (χ4v) is 3.76. The Bertz CT molecular complexity index is 1050. The van der Waals surface area contributed by atoms with Crippen LogP contribution in [0, 0.1) is 5.82 Å². The van der Waals surface area contributed by atoms with E-state index in [0.29, 0.717) is 42.4 Å². The number of rotatable bonds is 5. The van der Waals surface area contributed by atoms with E-state index < -0.39 is 23.5 Å². The summed E-state index contributed by atoms with van der Waals surface area (Å²) >= 11 is 0. The number of Topliss-reactive ketones (excluding diaryl/α,β-unsaturated/α-hetero) is 1. The second-order valence-corrected chi connectivity index (χ2v) is 7.71. The standard InChI is InChI=1S/C23H23FN2O5/c1-25(2)9-10-26-20(14-3-6-16(24)7-4-14)19(22(28)23(26)29)21(27)15-5-8-17-18(13-15)31-12-11-30-17/h3-8,13,20,27H,9-12H2,1-2H3/b21-19+/t20-/m1/s1. The molecule has 0 aliphatic carbocycles. The van der Waals surface area contributed by atoms with Gasteiger partial charge in [-0.2, -0.15) is 0 Å². The minimum atomic E-state index is -0.825. The fourth-order valence-electron chi connectivity index (χ4n) is 3.76. The Kier molecular flexibility index (Phi) is 5.65. The lowest BCUT2D eigenvalue weighted by atomic mass is 9.95. The van der Waals surface area contributed by atoms with Crippen LogP contribution in [0.4, 0.5) is 4.39 Å². The zero-order valence-corrected chi connectivity index (χ0v) is 17.3. The van der Waals surface area contributed by atoms with Crippen molar-refractivity contribution < 1.29 is 28.6 Å². The number of hydrogen-bond acceptors (Lipinski definition) is 6. The van der Waals surface area contributed by atoms with Crippen LogP contribution in [0.1, 0.15) is 17.2 Å². The minimum absolute atomic E-state index is 0.0351. The van der Waals surface area contributed by atoms with Crippen molar-refractivity contribution in [2.24, 2.45) is 0 Å². The summed E-state index contributed by atoms with van der Waals surface area (Å²) in [6.45, 7) is 1.61. The number of fused-ring (bicyclic) bond motifs is 1. The van der Waals surface area contributed by atoms with Gasteiger partial charge in [0.25, 0.3) is 11.7 Å². The number of ether oxygens (including phenoxy) is 2. The van der Waals surface area contributed by atoms with Gasteiger partial charge in [-0.25, -0.2) is 4.39 Å². The number of aliphatic hydroxyl groups is 1. The predicted molar refractivity (Wildman–Crippen MR) is 111 cm³/mol. The number of nitrogens with zero attached hydrogens (tertiary/aromatic N) is 2. The quantitative estimate of drug-likeness (QED) is 0.450. The van der Waals surface area contributed by atoms with Crippen molar-refractivity contribution in [3.05, 3.63) is 65.0 Å². The smallest absolute Gasteiger partial charge is 0.295 e. The maximum Gasteiger partial charge on any atom is 0.295 e. The summed E-state index contributed by atoms with van der Waals surface area (Å²) < 4.78 is 24.6. The lowest BCUT2D eigenvalue weighted by Crippen LogP contribution is -2.35. The summed E-state index contributed by atoms with van der Waals surface area (Å²) in [7, 11) is 3.72. The van der Waals surface area contributed by atoms with Crippen molar-refractivity contribution in [3.63, 3.8) is 0 Å². The molecule has 0 aromatic heterocycles. The Balaban J connectivity index is 1.81. The molecule has 0 saturated carbocycles. The summed E-state index contributed by atoms with van der Waals surface area (Å²) in [5.74, 6) is -1.21. The van der Waals surface area contributed by atoms with Gasteiger partial charge in [-0.3, -0.25) is 9.59 Å². The van der Waals surface area contributed by atoms with Crippen molar-refractivity contribution in [2.45, 2.75) is 6.04 Å². The van der Waals surface area contributed by atoms with Crippen LogP contribution in [0.5, 0.6) is 11.5 Å². The van der Waals surface area contributed by atoms with Gasteiger partial charge in [-0.1, -0.05) is 12.1 Å². The highest BCUT2D eigenvalue weighted by Gasteiger charge is 2.46. The highest BCUT2D eigenvalue weighted by atomic mass is 19.1. The van der Waals surface area contributed by atoms with Crippen LogP contribution in [0.15, 0.2) is 48.0 Å². The van der Waals surface area contributed by atoms with Crippen molar-refractivity contribution in [2.75, 3.05) is 40.4 Å². The van der Waals surface area contributed by atoms with Crippen LogP contribution in [0.25, 0.3) is 5.76 Å². The number of amides is 1. The third-order valence-electron chi connectivity index (χ3n) is 5.33. The third kappa shape index (κ3) is 3.98. The van der Waals surface area contributed by atoms with E-state index in [1.165, 1.54) is 29.2 Å². The van der Waals surface area contributed by atoms with Gasteiger partial charge < -0.3 is 24.4 Å². The molecule has 1 saturated heterocycles. The monoisotopic (exact) mass is 426 g/mol. The molecule has 0 unspecified atom stereocenters. The third-order valence-corrected chi connectivity index (χ3v) is 5.33. The van der Waals surface area contributed by atoms with Crippen LogP contribution < -0.4 is 9.47 Å². The van der Waals surface area contributed by atoms with Gasteiger partial charge in [0.05, 0.1) is 11.6 Å². The van der Waals surface area contributed by atoms with E-state index in [4.69, 9.17) is 9.47 Å². The Labute approximate surface area is 179 Å². The van der Waals surface area contributed by atoms with E-state index in [1.54, 1.807) is 18.2 Å². The number of carbonyl (C=O) groups excluding carboxylic acids is 2. The highest BCUT2D eigenvalue weighted by Crippen LogP contribution is 2.41. The van der Waals surface area contributed by atoms with Crippen molar-refractivity contribution in [1.29, 1.82) is 0 Å². The highest BCUT2D eigenvalue weighted by molar-refractivity contribution is 6.46. The van der Waals surface area contributed by atoms with E-state index in [0.717, 1.165) is 0 Å². The zero-order valence-electron chi connectivity index (χ0n) is 17.3. The summed E-state index contributed by atoms with van der Waals surface area (Å²) in [6, 6.07) is 9.59. The number of benzene rings is 2. The van der Waals surface area contributed by atoms with Gasteiger partial charge in [0.15, 0.2) is 11.5 Å². The summed E-state index contributed by atoms with van der Waals surface area (Å²) in [4.78, 5) is 29.1. The Morgan fingerprint density at radius 2 is 1.77 bits per heavy atom. The first-order valence-electron chi connectivity index (χ1n) is 9.95. The maximum absolute atomic E-state index is 13.5. The largest absolute Gasteiger partial charge is 0.507 e. The average molecular weight is 426 g/mol. The van der Waals surface area contributed by atoms with Gasteiger partial charge >= 0.3 is 0 Å². The maximum atomic E-state index is 13.5. The van der Waals surface area contributed by atoms with E-state index in [-0.39, 0.29) is 17.9 Å². The first-order valence-corrected chi connectivity index (χ1v) is 9.95. The molecule has 0 radical (unpaired) electrons. The zero-order chi connectivity index (χ0) is 22.1. The van der Waals surface area contributed by atoms with E-state index in [9.17, 15) is 19.1 Å². The topological polar surface area (TPSA) is 79.3 Å². The van der Waals surface area contributed by atoms with Gasteiger partial charge in [0.2, 0.25) is 0 Å². The Morgan fingerprint density at radius 1 is 1.10 bits per heavy atom. The van der Waals surface area contributed by atoms with Crippen LogP contribution in [-0.4, -0.2) is 67.0 Å². The molecule has 2 aliphatic rings. The number of aliphatic hydroxyl groups excluding tert-OH is 1. The van der Waals surface area contributed by atoms with E-state index >= 15 is 0 Å². The molecule has 4 rings (SSSR count). The molecule has 0 bridgehead atoms. The number of hydrogen-bond donors (Lipinski definition) is 1. The normalized spacial score (nSPS) is 19.9. The van der Waals surface area contributed by atoms with Gasteiger partial charge in [0.1, 0.15) is 24.8 Å². The molecule has 1 fully saturated rings. The Hall–Kier alpha value is -3.39. The van der Waals surface area contributed by atoms with Crippen molar-refractivity contribution in [1.82, 2.24) is 9.80 Å². The molecule has 2 aliphatic heterocycles. The van der Waals surface area contributed by atoms with Crippen LogP contribution in [0.3, 0.4) is 0 Å². The summed E-state index contributed by atoms with van der Waals surface area (Å²) in [5, 5.41) is 11.1. The molecular formula is C23H23FN2O5. The van der Waals surface area contributed by atoms with Crippen LogP contribution in [-0.2, 0) is 9.59 Å². The molecule has 1 amide bonds. The molecule has 31 heavy (non-hydrogen) atoms. The number of halogens is 1. The van der Waals surface area contributed by atoms with Crippen molar-refractivity contribution in [3.8, 4) is 11.5 Å². The van der Waals surface area contributed by atoms with E-state index in [1.807, 2.05) is 19.0 Å². The molecule has 162 valence electrons. The molecule has 2 aromatic carbocycles. The number of carbonyl (C=O) groups is 2. The van der Waals surface area contributed by atoms with Crippen molar-refractivity contribution >= 4 is 17.4 Å². The SMILES string of the molecule is CN(C)CCN1C(=O)C(=O)/C(=C(/O)c2ccc3c(c2)OCCO3)[C@H]1c1ccc(F)cc1. The van der Waals surface area contributed by atoms with Gasteiger partial charge in [-0.15, -0.1) is 0 Å². The molecule has 2 aromatic rings. The summed E-state index contributed by atoms with van der Waals surface area (Å²) in [5.41, 5.74) is 0.840. The number of likely N-dealkylation sites (N-methyl/N-ethyl adjacent to an activating group) is 1. The molecular weight excluding hydrogens is 403 g/mol. The first kappa shape index (κ1) is 20.9. The molecule has 1 atom stereocenters. The lowest BCUT2D eigenvalue weighted by Gasteiger charge is -2.26. The minimum Gasteiger partial charge on any atom is -0.507 e. The second-order valence-electron chi connectivity index (χ2n) is 7.71. The van der Waals surface area contributed by atoms with Gasteiger partial charge in [-0.05, 0) is 50.0 Å². The Morgan fingerprint density at radius 3 is 2.45 bits per heavy atom.